The first-order valence-corrected chi connectivity index (χ1v) is 6.44. The molecule has 3 N–H and O–H groups in total. The van der Waals surface area contributed by atoms with Crippen LogP contribution in [0.1, 0.15) is 25.8 Å². The Morgan fingerprint density at radius 3 is 2.50 bits per heavy atom. The minimum absolute atomic E-state index is 0.155. The highest BCUT2D eigenvalue weighted by Gasteiger charge is 2.22. The van der Waals surface area contributed by atoms with Crippen LogP contribution in [0.2, 0.25) is 0 Å². The summed E-state index contributed by atoms with van der Waals surface area (Å²) in [4.78, 5) is 2.40. The van der Waals surface area contributed by atoms with Gasteiger partial charge in [-0.2, -0.15) is 0 Å². The van der Waals surface area contributed by atoms with Crippen molar-refractivity contribution in [2.75, 3.05) is 18.0 Å². The fraction of sp³-hybridized carbons (Fsp3) is 0.500. The third-order valence-corrected chi connectivity index (χ3v) is 3.97. The van der Waals surface area contributed by atoms with Crippen LogP contribution in [-0.2, 0) is 0 Å². The van der Waals surface area contributed by atoms with Gasteiger partial charge >= 0.3 is 0 Å². The molecule has 0 aromatic heterocycles. The summed E-state index contributed by atoms with van der Waals surface area (Å²) < 4.78 is 0. The Hall–Kier alpha value is -1.71. The van der Waals surface area contributed by atoms with Gasteiger partial charge in [0, 0.05) is 24.3 Å². The minimum atomic E-state index is 0.155. The first-order valence-electron chi connectivity index (χ1n) is 6.44. The predicted octanol–water partition coefficient (Wildman–Crippen LogP) is 2.26. The van der Waals surface area contributed by atoms with Gasteiger partial charge in [-0.1, -0.05) is 19.0 Å². The number of hydrogen-bond donors (Lipinski definition) is 2. The van der Waals surface area contributed by atoms with Crippen molar-refractivity contribution >= 4 is 11.5 Å². The summed E-state index contributed by atoms with van der Waals surface area (Å²) in [5, 5.41) is 11.6. The van der Waals surface area contributed by atoms with E-state index in [1.807, 2.05) is 24.3 Å². The highest BCUT2D eigenvalue weighted by atomic mass is 16.4. The molecular weight excluding hydrogens is 226 g/mol. The molecule has 0 aliphatic carbocycles. The minimum Gasteiger partial charge on any atom is -0.409 e. The summed E-state index contributed by atoms with van der Waals surface area (Å²) in [6.45, 7) is 6.84. The number of nitrogens with two attached hydrogens (primary N) is 1. The topological polar surface area (TPSA) is 61.8 Å². The summed E-state index contributed by atoms with van der Waals surface area (Å²) in [5.74, 6) is 1.68. The van der Waals surface area contributed by atoms with Crippen LogP contribution in [0, 0.1) is 11.8 Å². The molecule has 1 fully saturated rings. The van der Waals surface area contributed by atoms with Crippen molar-refractivity contribution in [3.8, 4) is 0 Å². The van der Waals surface area contributed by atoms with Gasteiger partial charge in [-0.25, -0.2) is 0 Å². The largest absolute Gasteiger partial charge is 0.409 e. The van der Waals surface area contributed by atoms with E-state index in [9.17, 15) is 0 Å². The summed E-state index contributed by atoms with van der Waals surface area (Å²) in [7, 11) is 0. The van der Waals surface area contributed by atoms with Gasteiger partial charge in [0.25, 0.3) is 0 Å². The maximum atomic E-state index is 8.62. The molecule has 0 saturated carbocycles. The van der Waals surface area contributed by atoms with E-state index in [2.05, 4.69) is 23.9 Å². The third kappa shape index (κ3) is 2.58. The molecule has 0 spiro atoms. The molecule has 1 aromatic rings. The number of rotatable bonds is 2. The lowest BCUT2D eigenvalue weighted by atomic mass is 9.88. The average molecular weight is 247 g/mol. The maximum absolute atomic E-state index is 8.62. The van der Waals surface area contributed by atoms with Crippen LogP contribution in [0.5, 0.6) is 0 Å². The molecule has 0 radical (unpaired) electrons. The molecule has 18 heavy (non-hydrogen) atoms. The zero-order chi connectivity index (χ0) is 13.1. The van der Waals surface area contributed by atoms with Crippen molar-refractivity contribution in [1.29, 1.82) is 0 Å². The first-order chi connectivity index (χ1) is 8.61. The van der Waals surface area contributed by atoms with Crippen LogP contribution in [0.15, 0.2) is 29.4 Å². The first kappa shape index (κ1) is 12.7. The van der Waals surface area contributed by atoms with Gasteiger partial charge in [0.15, 0.2) is 5.84 Å². The molecule has 1 aliphatic heterocycles. The van der Waals surface area contributed by atoms with E-state index in [4.69, 9.17) is 10.9 Å². The molecule has 1 aliphatic rings. The van der Waals surface area contributed by atoms with Crippen molar-refractivity contribution in [3.63, 3.8) is 0 Å². The van der Waals surface area contributed by atoms with Crippen LogP contribution in [0.4, 0.5) is 5.69 Å². The lowest BCUT2D eigenvalue weighted by Crippen LogP contribution is -2.38. The molecule has 0 amide bonds. The van der Waals surface area contributed by atoms with Gasteiger partial charge < -0.3 is 15.8 Å². The zero-order valence-corrected chi connectivity index (χ0v) is 11.0. The Bertz CT molecular complexity index is 427. The molecule has 4 heteroatoms. The van der Waals surface area contributed by atoms with Gasteiger partial charge in [0.2, 0.25) is 0 Å². The van der Waals surface area contributed by atoms with Gasteiger partial charge in [-0.05, 0) is 42.5 Å². The summed E-state index contributed by atoms with van der Waals surface area (Å²) >= 11 is 0. The number of anilines is 1. The molecule has 2 rings (SSSR count). The van der Waals surface area contributed by atoms with E-state index in [0.717, 1.165) is 30.5 Å². The molecule has 1 saturated heterocycles. The Morgan fingerprint density at radius 2 is 1.94 bits per heavy atom. The van der Waals surface area contributed by atoms with Gasteiger partial charge in [0.1, 0.15) is 0 Å². The van der Waals surface area contributed by atoms with E-state index in [1.54, 1.807) is 0 Å². The Labute approximate surface area is 108 Å². The van der Waals surface area contributed by atoms with Crippen molar-refractivity contribution in [3.05, 3.63) is 29.8 Å². The summed E-state index contributed by atoms with van der Waals surface area (Å²) in [6.07, 6.45) is 1.24. The van der Waals surface area contributed by atoms with Crippen molar-refractivity contribution in [2.45, 2.75) is 20.3 Å². The molecule has 0 bridgehead atoms. The second-order valence-corrected chi connectivity index (χ2v) is 5.22. The quantitative estimate of drug-likeness (QED) is 0.365. The van der Waals surface area contributed by atoms with E-state index in [-0.39, 0.29) is 5.84 Å². The monoisotopic (exact) mass is 247 g/mol. The van der Waals surface area contributed by atoms with Crippen molar-refractivity contribution in [2.24, 2.45) is 22.7 Å². The number of oxime groups is 1. The molecule has 98 valence electrons. The van der Waals surface area contributed by atoms with E-state index < -0.39 is 0 Å². The number of piperidine rings is 1. The third-order valence-electron chi connectivity index (χ3n) is 3.97. The molecule has 2 atom stereocenters. The lowest BCUT2D eigenvalue weighted by Gasteiger charge is -2.36. The van der Waals surface area contributed by atoms with Gasteiger partial charge in [-0.15, -0.1) is 0 Å². The standard InChI is InChI=1S/C14H21N3O/c1-10-7-8-17(9-11(10)2)13-5-3-12(4-6-13)14(15)16-18/h3-6,10-11,18H,7-9H2,1-2H3,(H2,15,16). The molecular formula is C14H21N3O. The summed E-state index contributed by atoms with van der Waals surface area (Å²) in [5.41, 5.74) is 7.51. The molecule has 1 aromatic carbocycles. The summed E-state index contributed by atoms with van der Waals surface area (Å²) in [6, 6.07) is 7.87. The fourth-order valence-corrected chi connectivity index (χ4v) is 2.40. The van der Waals surface area contributed by atoms with Gasteiger partial charge in [0.05, 0.1) is 0 Å². The van der Waals surface area contributed by atoms with Crippen LogP contribution < -0.4 is 10.6 Å². The number of nitrogens with zero attached hydrogens (tertiary/aromatic N) is 2. The number of hydrogen-bond acceptors (Lipinski definition) is 3. The average Bonchev–Trinajstić information content (AvgIpc) is 2.41. The van der Waals surface area contributed by atoms with E-state index >= 15 is 0 Å². The SMILES string of the molecule is CC1CCN(c2ccc(/C(N)=N/O)cc2)CC1C. The molecule has 2 unspecified atom stereocenters. The lowest BCUT2D eigenvalue weighted by molar-refractivity contribution is 0.318. The Balaban J connectivity index is 2.10. The fourth-order valence-electron chi connectivity index (χ4n) is 2.40. The molecule has 1 heterocycles. The van der Waals surface area contributed by atoms with E-state index in [0.29, 0.717) is 0 Å². The van der Waals surface area contributed by atoms with Gasteiger partial charge in [-0.3, -0.25) is 0 Å². The molecule has 4 nitrogen and oxygen atoms in total. The zero-order valence-electron chi connectivity index (χ0n) is 11.0. The van der Waals surface area contributed by atoms with Crippen LogP contribution in [0.3, 0.4) is 0 Å². The number of amidine groups is 1. The van der Waals surface area contributed by atoms with Crippen molar-refractivity contribution < 1.29 is 5.21 Å². The van der Waals surface area contributed by atoms with Crippen LogP contribution >= 0.6 is 0 Å². The predicted molar refractivity (Wildman–Crippen MR) is 74.1 cm³/mol. The highest BCUT2D eigenvalue weighted by molar-refractivity contribution is 5.97. The Morgan fingerprint density at radius 1 is 1.28 bits per heavy atom. The maximum Gasteiger partial charge on any atom is 0.170 e. The second kappa shape index (κ2) is 5.29. The number of benzene rings is 1. The smallest absolute Gasteiger partial charge is 0.170 e. The normalized spacial score (nSPS) is 25.2. The van der Waals surface area contributed by atoms with E-state index in [1.165, 1.54) is 12.1 Å². The van der Waals surface area contributed by atoms with Crippen LogP contribution in [0.25, 0.3) is 0 Å². The van der Waals surface area contributed by atoms with Crippen molar-refractivity contribution in [1.82, 2.24) is 0 Å². The second-order valence-electron chi connectivity index (χ2n) is 5.22. The highest BCUT2D eigenvalue weighted by Crippen LogP contribution is 2.26. The van der Waals surface area contributed by atoms with Crippen LogP contribution in [-0.4, -0.2) is 24.1 Å². The Kier molecular flexibility index (Phi) is 3.75.